The van der Waals surface area contributed by atoms with Crippen LogP contribution in [0.5, 0.6) is 0 Å². The van der Waals surface area contributed by atoms with E-state index in [4.69, 9.17) is 21.5 Å². The smallest absolute Gasteiger partial charge is 0.416 e. The predicted molar refractivity (Wildman–Crippen MR) is 101 cm³/mol. The molecule has 0 unspecified atom stereocenters. The Morgan fingerprint density at radius 2 is 1.72 bits per heavy atom. The van der Waals surface area contributed by atoms with E-state index in [0.29, 0.717) is 0 Å². The molecule has 0 saturated heterocycles. The summed E-state index contributed by atoms with van der Waals surface area (Å²) in [6.45, 7) is 2.96. The van der Waals surface area contributed by atoms with E-state index in [1.807, 2.05) is 0 Å². The Kier molecular flexibility index (Phi) is 5.05. The van der Waals surface area contributed by atoms with E-state index in [9.17, 15) is 26.4 Å². The summed E-state index contributed by atoms with van der Waals surface area (Å²) in [5.74, 6) is -0.513. The maximum atomic E-state index is 13.1. The van der Waals surface area contributed by atoms with E-state index in [2.05, 4.69) is 0 Å². The van der Waals surface area contributed by atoms with Crippen LogP contribution in [0.4, 0.5) is 13.2 Å². The monoisotopic (exact) mass is 445 g/mol. The summed E-state index contributed by atoms with van der Waals surface area (Å²) in [6, 6.07) is 8.02. The second-order valence-electron chi connectivity index (χ2n) is 6.91. The number of benzene rings is 2. The highest BCUT2D eigenvalue weighted by Crippen LogP contribution is 2.43. The molecule has 0 fully saturated rings. The van der Waals surface area contributed by atoms with Crippen molar-refractivity contribution >= 4 is 38.7 Å². The van der Waals surface area contributed by atoms with Crippen LogP contribution in [0.3, 0.4) is 0 Å². The van der Waals surface area contributed by atoms with Crippen molar-refractivity contribution in [2.75, 3.05) is 0 Å². The SMILES string of the molecule is CC1(C)OC(c2ccc(S(N)(=O)=O)c(Cl)c2)=C(c2cccc(C(F)(F)F)c2)C1=O. The van der Waals surface area contributed by atoms with Gasteiger partial charge in [0.15, 0.2) is 5.60 Å². The quantitative estimate of drug-likeness (QED) is 0.765. The number of primary sulfonamides is 1. The molecule has 0 aromatic heterocycles. The zero-order valence-electron chi connectivity index (χ0n) is 15.2. The van der Waals surface area contributed by atoms with Crippen molar-refractivity contribution in [2.24, 2.45) is 5.14 Å². The van der Waals surface area contributed by atoms with Crippen molar-refractivity contribution in [1.82, 2.24) is 0 Å². The molecule has 3 rings (SSSR count). The number of alkyl halides is 3. The molecule has 0 atom stereocenters. The van der Waals surface area contributed by atoms with Crippen molar-refractivity contribution in [3.8, 4) is 0 Å². The first-order chi connectivity index (χ1) is 13.2. The lowest BCUT2D eigenvalue weighted by molar-refractivity contribution is -0.137. The van der Waals surface area contributed by atoms with Crippen LogP contribution in [0.15, 0.2) is 47.4 Å². The summed E-state index contributed by atoms with van der Waals surface area (Å²) < 4.78 is 68.2. The van der Waals surface area contributed by atoms with E-state index in [-0.39, 0.29) is 32.4 Å². The summed E-state index contributed by atoms with van der Waals surface area (Å²) in [5.41, 5.74) is -2.04. The number of carbonyl (C=O) groups excluding carboxylic acids is 1. The molecule has 1 aliphatic rings. The second kappa shape index (κ2) is 6.86. The standard InChI is InChI=1S/C19H15ClF3NO4S/c1-18(2)17(25)15(10-4-3-5-12(8-10)19(21,22)23)16(28-18)11-6-7-14(13(20)9-11)29(24,26)27/h3-9H,1-2H3,(H2,24,26,27). The Hall–Kier alpha value is -2.36. The van der Waals surface area contributed by atoms with Gasteiger partial charge in [-0.25, -0.2) is 13.6 Å². The minimum Gasteiger partial charge on any atom is -0.478 e. The van der Waals surface area contributed by atoms with Gasteiger partial charge in [0.05, 0.1) is 16.2 Å². The van der Waals surface area contributed by atoms with Gasteiger partial charge < -0.3 is 4.74 Å². The molecule has 0 bridgehead atoms. The molecular formula is C19H15ClF3NO4S. The minimum atomic E-state index is -4.59. The van der Waals surface area contributed by atoms with Crippen molar-refractivity contribution in [1.29, 1.82) is 0 Å². The lowest BCUT2D eigenvalue weighted by Crippen LogP contribution is -2.29. The fourth-order valence-corrected chi connectivity index (χ4v) is 4.04. The van der Waals surface area contributed by atoms with Crippen LogP contribution in [0.25, 0.3) is 11.3 Å². The van der Waals surface area contributed by atoms with Gasteiger partial charge in [0.1, 0.15) is 10.7 Å². The summed E-state index contributed by atoms with van der Waals surface area (Å²) in [6.07, 6.45) is -4.59. The van der Waals surface area contributed by atoms with Crippen molar-refractivity contribution in [2.45, 2.75) is 30.5 Å². The van der Waals surface area contributed by atoms with Gasteiger partial charge in [0, 0.05) is 5.56 Å². The van der Waals surface area contributed by atoms with Gasteiger partial charge in [-0.2, -0.15) is 13.2 Å². The van der Waals surface area contributed by atoms with Crippen molar-refractivity contribution in [3.05, 3.63) is 64.2 Å². The molecule has 2 N–H and O–H groups in total. The summed E-state index contributed by atoms with van der Waals surface area (Å²) in [5, 5.41) is 4.88. The third-order valence-corrected chi connectivity index (χ3v) is 5.73. The zero-order valence-corrected chi connectivity index (χ0v) is 16.7. The van der Waals surface area contributed by atoms with Gasteiger partial charge in [-0.05, 0) is 49.7 Å². The van der Waals surface area contributed by atoms with E-state index in [1.165, 1.54) is 38.1 Å². The Morgan fingerprint density at radius 3 is 2.28 bits per heavy atom. The molecule has 1 heterocycles. The van der Waals surface area contributed by atoms with Crippen molar-refractivity contribution in [3.63, 3.8) is 0 Å². The number of ether oxygens (including phenoxy) is 1. The number of rotatable bonds is 3. The van der Waals surface area contributed by atoms with Gasteiger partial charge in [0.2, 0.25) is 15.8 Å². The number of nitrogens with two attached hydrogens (primary N) is 1. The molecule has 29 heavy (non-hydrogen) atoms. The molecule has 0 amide bonds. The Balaban J connectivity index is 2.23. The van der Waals surface area contributed by atoms with Gasteiger partial charge in [-0.15, -0.1) is 0 Å². The molecule has 0 saturated carbocycles. The highest BCUT2D eigenvalue weighted by Gasteiger charge is 2.43. The van der Waals surface area contributed by atoms with Crippen molar-refractivity contribution < 1.29 is 31.1 Å². The fourth-order valence-electron chi connectivity index (χ4n) is 2.95. The van der Waals surface area contributed by atoms with E-state index < -0.39 is 33.1 Å². The lowest BCUT2D eigenvalue weighted by atomic mass is 9.92. The van der Waals surface area contributed by atoms with Crippen LogP contribution in [-0.4, -0.2) is 19.8 Å². The number of halogens is 4. The summed E-state index contributed by atoms with van der Waals surface area (Å²) in [4.78, 5) is 12.5. The van der Waals surface area contributed by atoms with E-state index in [0.717, 1.165) is 18.2 Å². The third-order valence-electron chi connectivity index (χ3n) is 4.34. The van der Waals surface area contributed by atoms with Crippen LogP contribution in [0, 0.1) is 0 Å². The Labute approximate surface area is 170 Å². The number of carbonyl (C=O) groups is 1. The first-order valence-electron chi connectivity index (χ1n) is 8.20. The second-order valence-corrected chi connectivity index (χ2v) is 8.85. The number of Topliss-reactive ketones (excluding diaryl/α,β-unsaturated/α-hetero) is 1. The maximum Gasteiger partial charge on any atom is 0.416 e. The molecule has 154 valence electrons. The molecule has 0 radical (unpaired) electrons. The first kappa shape index (κ1) is 21.4. The number of ketones is 1. The number of hydrogen-bond acceptors (Lipinski definition) is 4. The number of sulfonamides is 1. The van der Waals surface area contributed by atoms with E-state index in [1.54, 1.807) is 0 Å². The topological polar surface area (TPSA) is 86.5 Å². The molecule has 10 heteroatoms. The minimum absolute atomic E-state index is 0.00203. The molecular weight excluding hydrogens is 431 g/mol. The normalized spacial score (nSPS) is 16.9. The third kappa shape index (κ3) is 4.03. The van der Waals surface area contributed by atoms with E-state index >= 15 is 0 Å². The molecule has 2 aromatic rings. The predicted octanol–water partition coefficient (Wildman–Crippen LogP) is 4.25. The number of hydrogen-bond donors (Lipinski definition) is 1. The Bertz CT molecular complexity index is 1150. The summed E-state index contributed by atoms with van der Waals surface area (Å²) in [7, 11) is -4.08. The fraction of sp³-hybridized carbons (Fsp3) is 0.211. The maximum absolute atomic E-state index is 13.1. The largest absolute Gasteiger partial charge is 0.478 e. The first-order valence-corrected chi connectivity index (χ1v) is 10.1. The van der Waals surface area contributed by atoms with Gasteiger partial charge in [0.25, 0.3) is 0 Å². The molecule has 1 aliphatic heterocycles. The average Bonchev–Trinajstić information content (AvgIpc) is 2.83. The molecule has 0 aliphatic carbocycles. The van der Waals surface area contributed by atoms with Crippen LogP contribution in [0.1, 0.15) is 30.5 Å². The molecule has 2 aromatic carbocycles. The van der Waals surface area contributed by atoms with Crippen LogP contribution >= 0.6 is 11.6 Å². The Morgan fingerprint density at radius 1 is 1.07 bits per heavy atom. The molecule has 0 spiro atoms. The van der Waals surface area contributed by atoms with Crippen LogP contribution in [-0.2, 0) is 25.7 Å². The van der Waals surface area contributed by atoms with Gasteiger partial charge >= 0.3 is 6.18 Å². The summed E-state index contributed by atoms with van der Waals surface area (Å²) >= 11 is 6.01. The highest BCUT2D eigenvalue weighted by molar-refractivity contribution is 7.89. The van der Waals surface area contributed by atoms with Gasteiger partial charge in [-0.1, -0.05) is 23.7 Å². The van der Waals surface area contributed by atoms with Crippen LogP contribution < -0.4 is 5.14 Å². The van der Waals surface area contributed by atoms with Gasteiger partial charge in [-0.3, -0.25) is 4.79 Å². The molecule has 5 nitrogen and oxygen atoms in total. The van der Waals surface area contributed by atoms with Crippen LogP contribution in [0.2, 0.25) is 5.02 Å². The zero-order chi connectivity index (χ0) is 21.8. The highest BCUT2D eigenvalue weighted by atomic mass is 35.5. The average molecular weight is 446 g/mol. The lowest BCUT2D eigenvalue weighted by Gasteiger charge is -2.18.